The lowest BCUT2D eigenvalue weighted by molar-refractivity contribution is 0.0718. The molecule has 0 atom stereocenters. The maximum atomic E-state index is 13.2. The molecule has 1 aromatic heterocycles. The molecule has 34 heavy (non-hydrogen) atoms. The van der Waals surface area contributed by atoms with Crippen LogP contribution in [0.4, 0.5) is 0 Å². The van der Waals surface area contributed by atoms with Gasteiger partial charge in [-0.3, -0.25) is 0 Å². The van der Waals surface area contributed by atoms with Crippen LogP contribution < -0.4 is 4.74 Å². The normalized spacial score (nSPS) is 10.7. The van der Waals surface area contributed by atoms with Crippen LogP contribution in [0.5, 0.6) is 5.88 Å². The number of nitrogens with zero attached hydrogens (tertiary/aromatic N) is 2. The van der Waals surface area contributed by atoms with Gasteiger partial charge in [0.25, 0.3) is 0 Å². The van der Waals surface area contributed by atoms with Gasteiger partial charge in [-0.15, -0.1) is 0 Å². The molecule has 166 valence electrons. The summed E-state index contributed by atoms with van der Waals surface area (Å²) in [5, 5.41) is 4.70. The van der Waals surface area contributed by atoms with Crippen LogP contribution in [0.2, 0.25) is 0 Å². The summed E-state index contributed by atoms with van der Waals surface area (Å²) < 4.78 is 7.69. The Morgan fingerprint density at radius 1 is 0.735 bits per heavy atom. The standard InChI is InChI=1S/C29H22N2O2S/c1-21-27(34-26-15-9-4-10-16-26)28(31(30-21)25-13-7-3-8-14-25)33-29(32)24-19-17-23(18-20-24)22-11-5-2-6-12-22/h2-20H,1H3. The highest BCUT2D eigenvalue weighted by Crippen LogP contribution is 2.39. The molecule has 4 nitrogen and oxygen atoms in total. The second kappa shape index (κ2) is 9.81. The summed E-state index contributed by atoms with van der Waals surface area (Å²) >= 11 is 1.53. The summed E-state index contributed by atoms with van der Waals surface area (Å²) in [5.74, 6) is -0.0127. The largest absolute Gasteiger partial charge is 0.402 e. The van der Waals surface area contributed by atoms with Crippen LogP contribution in [0.25, 0.3) is 16.8 Å². The van der Waals surface area contributed by atoms with Gasteiger partial charge in [0.15, 0.2) is 0 Å². The van der Waals surface area contributed by atoms with Crippen LogP contribution in [0.1, 0.15) is 16.1 Å². The van der Waals surface area contributed by atoms with Gasteiger partial charge in [-0.2, -0.15) is 9.78 Å². The summed E-state index contributed by atoms with van der Waals surface area (Å²) in [7, 11) is 0. The smallest absolute Gasteiger partial charge is 0.344 e. The minimum absolute atomic E-state index is 0.412. The molecule has 0 amide bonds. The number of hydrogen-bond acceptors (Lipinski definition) is 4. The van der Waals surface area contributed by atoms with Gasteiger partial charge in [0.2, 0.25) is 5.88 Å². The molecule has 1 heterocycles. The molecule has 0 aliphatic carbocycles. The lowest BCUT2D eigenvalue weighted by atomic mass is 10.0. The number of ether oxygens (including phenoxy) is 1. The van der Waals surface area contributed by atoms with Gasteiger partial charge in [0, 0.05) is 4.90 Å². The highest BCUT2D eigenvalue weighted by molar-refractivity contribution is 7.99. The minimum Gasteiger partial charge on any atom is -0.402 e. The van der Waals surface area contributed by atoms with Crippen molar-refractivity contribution in [3.8, 4) is 22.7 Å². The fraction of sp³-hybridized carbons (Fsp3) is 0.0345. The molecular formula is C29H22N2O2S. The summed E-state index contributed by atoms with van der Waals surface area (Å²) in [5.41, 5.74) is 4.24. The second-order valence-corrected chi connectivity index (χ2v) is 8.80. The van der Waals surface area contributed by atoms with Gasteiger partial charge >= 0.3 is 5.97 Å². The number of aryl methyl sites for hydroxylation is 1. The highest BCUT2D eigenvalue weighted by Gasteiger charge is 2.22. The van der Waals surface area contributed by atoms with Crippen LogP contribution in [0.3, 0.4) is 0 Å². The molecule has 0 saturated heterocycles. The van der Waals surface area contributed by atoms with Gasteiger partial charge in [-0.1, -0.05) is 90.6 Å². The predicted octanol–water partition coefficient (Wildman–Crippen LogP) is 7.22. The van der Waals surface area contributed by atoms with Crippen molar-refractivity contribution in [2.45, 2.75) is 16.7 Å². The van der Waals surface area contributed by atoms with Gasteiger partial charge < -0.3 is 4.74 Å². The monoisotopic (exact) mass is 462 g/mol. The van der Waals surface area contributed by atoms with Crippen LogP contribution in [-0.2, 0) is 0 Å². The molecule has 0 spiro atoms. The minimum atomic E-state index is -0.424. The van der Waals surface area contributed by atoms with Crippen molar-refractivity contribution >= 4 is 17.7 Å². The van der Waals surface area contributed by atoms with Gasteiger partial charge in [0.05, 0.1) is 21.8 Å². The number of benzene rings is 4. The molecule has 5 heteroatoms. The number of carbonyl (C=O) groups is 1. The molecule has 0 aliphatic heterocycles. The molecule has 0 fully saturated rings. The Balaban J connectivity index is 1.48. The molecule has 0 radical (unpaired) electrons. The number of esters is 1. The van der Waals surface area contributed by atoms with Gasteiger partial charge in [-0.05, 0) is 54.4 Å². The molecule has 0 aliphatic rings. The first kappa shape index (κ1) is 21.7. The fourth-order valence-corrected chi connectivity index (χ4v) is 4.56. The summed E-state index contributed by atoms with van der Waals surface area (Å²) in [6.45, 7) is 1.93. The molecule has 5 aromatic rings. The van der Waals surface area contributed by atoms with E-state index in [1.807, 2.05) is 110 Å². The van der Waals surface area contributed by atoms with Gasteiger partial charge in [0.1, 0.15) is 0 Å². The average Bonchev–Trinajstić information content (AvgIpc) is 3.20. The zero-order chi connectivity index (χ0) is 23.3. The van der Waals surface area contributed by atoms with E-state index < -0.39 is 5.97 Å². The number of hydrogen-bond donors (Lipinski definition) is 0. The van der Waals surface area contributed by atoms with E-state index in [0.29, 0.717) is 11.4 Å². The summed E-state index contributed by atoms with van der Waals surface area (Å²) in [6, 6.07) is 37.2. The van der Waals surface area contributed by atoms with Crippen molar-refractivity contribution < 1.29 is 9.53 Å². The van der Waals surface area contributed by atoms with E-state index in [4.69, 9.17) is 9.84 Å². The topological polar surface area (TPSA) is 44.1 Å². The quantitative estimate of drug-likeness (QED) is 0.250. The van der Waals surface area contributed by atoms with E-state index in [1.54, 1.807) is 16.8 Å². The lowest BCUT2D eigenvalue weighted by Gasteiger charge is -2.11. The third-order valence-electron chi connectivity index (χ3n) is 5.35. The van der Waals surface area contributed by atoms with E-state index in [9.17, 15) is 4.79 Å². The Bertz CT molecular complexity index is 1400. The molecule has 4 aromatic carbocycles. The maximum absolute atomic E-state index is 13.2. The third-order valence-corrected chi connectivity index (χ3v) is 6.53. The SMILES string of the molecule is Cc1nn(-c2ccccc2)c(OC(=O)c2ccc(-c3ccccc3)cc2)c1Sc1ccccc1. The third kappa shape index (κ3) is 4.65. The molecular weight excluding hydrogens is 440 g/mol. The highest BCUT2D eigenvalue weighted by atomic mass is 32.2. The van der Waals surface area contributed by atoms with Crippen LogP contribution in [0.15, 0.2) is 125 Å². The molecule has 0 N–H and O–H groups in total. The molecule has 5 rings (SSSR count). The van der Waals surface area contributed by atoms with E-state index >= 15 is 0 Å². The number of rotatable bonds is 6. The first-order chi connectivity index (χ1) is 16.7. The van der Waals surface area contributed by atoms with Crippen LogP contribution in [0, 0.1) is 6.92 Å². The molecule has 0 bridgehead atoms. The van der Waals surface area contributed by atoms with E-state index in [1.165, 1.54) is 11.8 Å². The van der Waals surface area contributed by atoms with Crippen molar-refractivity contribution in [1.82, 2.24) is 9.78 Å². The maximum Gasteiger partial charge on any atom is 0.344 e. The Kier molecular flexibility index (Phi) is 6.27. The van der Waals surface area contributed by atoms with E-state index in [-0.39, 0.29) is 0 Å². The first-order valence-electron chi connectivity index (χ1n) is 10.9. The van der Waals surface area contributed by atoms with Gasteiger partial charge in [-0.25, -0.2) is 4.79 Å². The Hall–Kier alpha value is -4.09. The fourth-order valence-electron chi connectivity index (χ4n) is 3.63. The first-order valence-corrected chi connectivity index (χ1v) is 11.8. The number of aromatic nitrogens is 2. The predicted molar refractivity (Wildman–Crippen MR) is 136 cm³/mol. The zero-order valence-electron chi connectivity index (χ0n) is 18.6. The van der Waals surface area contributed by atoms with Crippen LogP contribution >= 0.6 is 11.8 Å². The summed E-state index contributed by atoms with van der Waals surface area (Å²) in [4.78, 5) is 15.0. The van der Waals surface area contributed by atoms with E-state index in [0.717, 1.165) is 32.3 Å². The zero-order valence-corrected chi connectivity index (χ0v) is 19.4. The summed E-state index contributed by atoms with van der Waals surface area (Å²) in [6.07, 6.45) is 0. The average molecular weight is 463 g/mol. The second-order valence-electron chi connectivity index (χ2n) is 7.72. The lowest BCUT2D eigenvalue weighted by Crippen LogP contribution is -2.12. The van der Waals surface area contributed by atoms with Crippen molar-refractivity contribution in [1.29, 1.82) is 0 Å². The van der Waals surface area contributed by atoms with Crippen molar-refractivity contribution in [3.05, 3.63) is 127 Å². The van der Waals surface area contributed by atoms with Crippen molar-refractivity contribution in [3.63, 3.8) is 0 Å². The molecule has 0 unspecified atom stereocenters. The van der Waals surface area contributed by atoms with Crippen molar-refractivity contribution in [2.24, 2.45) is 0 Å². The molecule has 0 saturated carbocycles. The Morgan fingerprint density at radius 2 is 1.29 bits per heavy atom. The number of para-hydroxylation sites is 1. The van der Waals surface area contributed by atoms with Crippen molar-refractivity contribution in [2.75, 3.05) is 0 Å². The number of carbonyl (C=O) groups excluding carboxylic acids is 1. The van der Waals surface area contributed by atoms with Crippen LogP contribution in [-0.4, -0.2) is 15.7 Å². The van der Waals surface area contributed by atoms with E-state index in [2.05, 4.69) is 0 Å². The Labute approximate surface area is 202 Å². The Morgan fingerprint density at radius 3 is 1.94 bits per heavy atom.